The fraction of sp³-hybridized carbons (Fsp3) is 0.214. The molecule has 20 heavy (non-hydrogen) atoms. The zero-order valence-electron chi connectivity index (χ0n) is 10.5. The van der Waals surface area contributed by atoms with Crippen LogP contribution in [0.5, 0.6) is 17.2 Å². The third-order valence-electron chi connectivity index (χ3n) is 2.88. The van der Waals surface area contributed by atoms with Crippen LogP contribution in [0.2, 0.25) is 0 Å². The molecule has 0 unspecified atom stereocenters. The number of hydrogen-bond donors (Lipinski definition) is 1. The molecular weight excluding hydrogens is 326 g/mol. The minimum atomic E-state index is -0.122. The van der Waals surface area contributed by atoms with Crippen LogP contribution in [-0.4, -0.2) is 16.9 Å². The second-order valence-electron chi connectivity index (χ2n) is 4.27. The molecule has 0 fully saturated rings. The summed E-state index contributed by atoms with van der Waals surface area (Å²) in [5, 5.41) is 9.39. The lowest BCUT2D eigenvalue weighted by atomic mass is 10.2. The Morgan fingerprint density at radius 3 is 2.75 bits per heavy atom. The van der Waals surface area contributed by atoms with Gasteiger partial charge in [-0.25, -0.2) is 0 Å². The van der Waals surface area contributed by atoms with Crippen molar-refractivity contribution in [1.82, 2.24) is 4.98 Å². The Morgan fingerprint density at radius 1 is 1.20 bits per heavy atom. The van der Waals surface area contributed by atoms with Crippen LogP contribution in [0.4, 0.5) is 0 Å². The Hall–Kier alpha value is -1.79. The largest absolute Gasteiger partial charge is 0.488 e. The van der Waals surface area contributed by atoms with E-state index in [1.807, 2.05) is 6.07 Å². The first-order valence-electron chi connectivity index (χ1n) is 6.02. The molecule has 0 radical (unpaired) electrons. The van der Waals surface area contributed by atoms with Crippen LogP contribution < -0.4 is 14.2 Å². The highest BCUT2D eigenvalue weighted by atomic mass is 79.9. The van der Waals surface area contributed by atoms with Crippen LogP contribution in [0.3, 0.4) is 0 Å². The van der Waals surface area contributed by atoms with Crippen molar-refractivity contribution in [2.24, 2.45) is 0 Å². The predicted molar refractivity (Wildman–Crippen MR) is 74.8 cm³/mol. The molecule has 5 nitrogen and oxygen atoms in total. The molecule has 0 saturated heterocycles. The molecule has 2 heterocycles. The molecule has 3 rings (SSSR count). The first-order chi connectivity index (χ1) is 9.76. The number of hydrogen-bond acceptors (Lipinski definition) is 5. The normalized spacial score (nSPS) is 12.5. The van der Waals surface area contributed by atoms with E-state index in [1.54, 1.807) is 24.5 Å². The molecule has 0 bridgehead atoms. The van der Waals surface area contributed by atoms with Crippen molar-refractivity contribution >= 4 is 15.9 Å². The zero-order chi connectivity index (χ0) is 13.9. The van der Waals surface area contributed by atoms with E-state index < -0.39 is 0 Å². The maximum absolute atomic E-state index is 9.39. The topological polar surface area (TPSA) is 60.8 Å². The average molecular weight is 338 g/mol. The second kappa shape index (κ2) is 5.68. The van der Waals surface area contributed by atoms with Crippen LogP contribution in [-0.2, 0) is 13.2 Å². The van der Waals surface area contributed by atoms with Gasteiger partial charge in [-0.3, -0.25) is 4.98 Å². The number of rotatable bonds is 4. The highest BCUT2D eigenvalue weighted by molar-refractivity contribution is 9.10. The fourth-order valence-corrected chi connectivity index (χ4v) is 2.33. The summed E-state index contributed by atoms with van der Waals surface area (Å²) in [6.07, 6.45) is 3.44. The third kappa shape index (κ3) is 2.71. The minimum absolute atomic E-state index is 0.122. The first kappa shape index (κ1) is 13.2. The maximum atomic E-state index is 9.39. The van der Waals surface area contributed by atoms with Crippen molar-refractivity contribution in [3.8, 4) is 17.2 Å². The predicted octanol–water partition coefficient (Wildman–Crippen LogP) is 2.64. The van der Waals surface area contributed by atoms with Crippen LogP contribution >= 0.6 is 15.9 Å². The van der Waals surface area contributed by atoms with E-state index in [0.717, 1.165) is 10.0 Å². The number of benzene rings is 1. The van der Waals surface area contributed by atoms with Gasteiger partial charge in [-0.15, -0.1) is 0 Å². The number of aromatic nitrogens is 1. The number of nitrogens with zero attached hydrogens (tertiary/aromatic N) is 1. The van der Waals surface area contributed by atoms with Gasteiger partial charge in [0.1, 0.15) is 12.4 Å². The molecule has 1 aliphatic heterocycles. The highest BCUT2D eigenvalue weighted by Gasteiger charge is 2.17. The van der Waals surface area contributed by atoms with Crippen LogP contribution in [0.15, 0.2) is 35.1 Å². The van der Waals surface area contributed by atoms with Gasteiger partial charge < -0.3 is 19.3 Å². The van der Waals surface area contributed by atoms with Gasteiger partial charge >= 0.3 is 0 Å². The summed E-state index contributed by atoms with van der Waals surface area (Å²) in [5.41, 5.74) is 1.60. The Morgan fingerprint density at radius 2 is 2.00 bits per heavy atom. The van der Waals surface area contributed by atoms with Crippen molar-refractivity contribution in [3.63, 3.8) is 0 Å². The molecule has 0 atom stereocenters. The molecular formula is C14H12BrNO4. The monoisotopic (exact) mass is 337 g/mol. The van der Waals surface area contributed by atoms with Gasteiger partial charge in [-0.05, 0) is 28.1 Å². The summed E-state index contributed by atoms with van der Waals surface area (Å²) < 4.78 is 17.2. The van der Waals surface area contributed by atoms with Crippen molar-refractivity contribution < 1.29 is 19.3 Å². The minimum Gasteiger partial charge on any atom is -0.488 e. The quantitative estimate of drug-likeness (QED) is 0.929. The molecule has 0 saturated carbocycles. The van der Waals surface area contributed by atoms with Crippen LogP contribution in [0.25, 0.3) is 0 Å². The fourth-order valence-electron chi connectivity index (χ4n) is 1.92. The number of pyridine rings is 1. The lowest BCUT2D eigenvalue weighted by Crippen LogP contribution is -1.99. The Bertz CT molecular complexity index is 633. The Balaban J connectivity index is 1.80. The Kier molecular flexibility index (Phi) is 3.75. The van der Waals surface area contributed by atoms with Crippen molar-refractivity contribution in [2.45, 2.75) is 13.2 Å². The first-order valence-corrected chi connectivity index (χ1v) is 6.81. The van der Waals surface area contributed by atoms with Gasteiger partial charge in [-0.1, -0.05) is 0 Å². The number of aliphatic hydroxyl groups excluding tert-OH is 1. The maximum Gasteiger partial charge on any atom is 0.231 e. The average Bonchev–Trinajstić information content (AvgIpc) is 2.91. The summed E-state index contributed by atoms with van der Waals surface area (Å²) >= 11 is 3.36. The van der Waals surface area contributed by atoms with E-state index in [0.29, 0.717) is 29.4 Å². The van der Waals surface area contributed by atoms with Gasteiger partial charge in [0.05, 0.1) is 6.61 Å². The summed E-state index contributed by atoms with van der Waals surface area (Å²) in [7, 11) is 0. The molecule has 2 aromatic rings. The Labute approximate surface area is 124 Å². The molecule has 0 amide bonds. The van der Waals surface area contributed by atoms with Crippen molar-refractivity contribution in [1.29, 1.82) is 0 Å². The van der Waals surface area contributed by atoms with E-state index in [-0.39, 0.29) is 13.4 Å². The van der Waals surface area contributed by atoms with Crippen LogP contribution in [0.1, 0.15) is 11.1 Å². The van der Waals surface area contributed by atoms with Gasteiger partial charge in [0.15, 0.2) is 11.5 Å². The van der Waals surface area contributed by atoms with E-state index in [2.05, 4.69) is 20.9 Å². The lowest BCUT2D eigenvalue weighted by molar-refractivity contribution is 0.173. The molecule has 0 aliphatic carbocycles. The molecule has 1 aromatic heterocycles. The molecule has 1 aromatic carbocycles. The summed E-state index contributed by atoms with van der Waals surface area (Å²) in [6, 6.07) is 5.40. The number of halogens is 1. The third-order valence-corrected chi connectivity index (χ3v) is 3.32. The highest BCUT2D eigenvalue weighted by Crippen LogP contribution is 2.38. The van der Waals surface area contributed by atoms with E-state index >= 15 is 0 Å². The van der Waals surface area contributed by atoms with Crippen molar-refractivity contribution in [3.05, 3.63) is 46.2 Å². The molecule has 104 valence electrons. The van der Waals surface area contributed by atoms with Crippen molar-refractivity contribution in [2.75, 3.05) is 6.79 Å². The molecule has 0 spiro atoms. The lowest BCUT2D eigenvalue weighted by Gasteiger charge is -2.11. The van der Waals surface area contributed by atoms with Gasteiger partial charge in [0.25, 0.3) is 0 Å². The van der Waals surface area contributed by atoms with Crippen LogP contribution in [0, 0.1) is 0 Å². The number of fused-ring (bicyclic) bond motifs is 1. The molecule has 1 aliphatic rings. The summed E-state index contributed by atoms with van der Waals surface area (Å²) in [6.45, 7) is 0.432. The SMILES string of the molecule is OCc1cc2c(cc1OCc1cncc(Br)c1)OCO2. The number of aliphatic hydroxyl groups is 1. The van der Waals surface area contributed by atoms with Gasteiger partial charge in [0, 0.05) is 34.1 Å². The molecule has 1 N–H and O–H groups in total. The standard InChI is InChI=1S/C14H12BrNO4/c15-11-1-9(4-16-5-11)7-18-12-3-14-13(19-8-20-14)2-10(12)6-17/h1-5,17H,6-8H2. The van der Waals surface area contributed by atoms with E-state index in [9.17, 15) is 5.11 Å². The second-order valence-corrected chi connectivity index (χ2v) is 5.19. The number of ether oxygens (including phenoxy) is 3. The summed E-state index contributed by atoms with van der Waals surface area (Å²) in [5.74, 6) is 1.84. The van der Waals surface area contributed by atoms with Gasteiger partial charge in [-0.2, -0.15) is 0 Å². The summed E-state index contributed by atoms with van der Waals surface area (Å²) in [4.78, 5) is 4.08. The van der Waals surface area contributed by atoms with E-state index in [4.69, 9.17) is 14.2 Å². The zero-order valence-corrected chi connectivity index (χ0v) is 12.1. The van der Waals surface area contributed by atoms with Gasteiger partial charge in [0.2, 0.25) is 6.79 Å². The van der Waals surface area contributed by atoms with E-state index in [1.165, 1.54) is 0 Å². The smallest absolute Gasteiger partial charge is 0.231 e. The molecule has 6 heteroatoms.